The van der Waals surface area contributed by atoms with E-state index in [0.717, 1.165) is 68.8 Å². The molecule has 1 heterocycles. The fraction of sp³-hybridized carbons (Fsp3) is 0.561. The maximum Gasteiger partial charge on any atom is 0.410 e. The summed E-state index contributed by atoms with van der Waals surface area (Å²) >= 11 is 0. The smallest absolute Gasteiger partial charge is 0.410 e. The van der Waals surface area contributed by atoms with Crippen LogP contribution in [0.25, 0.3) is 0 Å². The van der Waals surface area contributed by atoms with Crippen molar-refractivity contribution < 1.29 is 52.7 Å². The average molecular weight is 969 g/mol. The fourth-order valence-electron chi connectivity index (χ4n) is 10.8. The molecule has 2 N–H and O–H groups in total. The molecule has 0 bridgehead atoms. The molecule has 0 unspecified atom stereocenters. The van der Waals surface area contributed by atoms with Gasteiger partial charge in [0, 0.05) is 37.7 Å². The normalized spacial score (nSPS) is 21.7. The summed E-state index contributed by atoms with van der Waals surface area (Å²) in [7, 11) is 1.51. The number of methoxy groups -OCH3 is 1. The summed E-state index contributed by atoms with van der Waals surface area (Å²) < 4.78 is 47.0. The molecule has 70 heavy (non-hydrogen) atoms. The van der Waals surface area contributed by atoms with Crippen molar-refractivity contribution in [3.8, 4) is 23.0 Å². The Labute approximate surface area is 415 Å². The molecule has 1 fully saturated rings. The van der Waals surface area contributed by atoms with Gasteiger partial charge in [0.2, 0.25) is 5.79 Å². The Morgan fingerprint density at radius 1 is 0.886 bits per heavy atom. The number of oxime groups is 1. The minimum Gasteiger partial charge on any atom is -0.496 e. The van der Waals surface area contributed by atoms with Gasteiger partial charge in [0.25, 0.3) is 0 Å². The molecule has 1 amide bonds. The van der Waals surface area contributed by atoms with Gasteiger partial charge in [-0.25, -0.2) is 9.18 Å². The number of carbonyl (C=O) groups is 2. The van der Waals surface area contributed by atoms with Gasteiger partial charge in [0.05, 0.1) is 37.5 Å². The number of halogens is 1. The maximum atomic E-state index is 14.9. The summed E-state index contributed by atoms with van der Waals surface area (Å²) in [5.41, 5.74) is 3.48. The molecular formula is C57H77FN2O10. The lowest BCUT2D eigenvalue weighted by Crippen LogP contribution is -2.70. The Hall–Kier alpha value is -5.24. The molecule has 0 aromatic heterocycles. The van der Waals surface area contributed by atoms with E-state index in [1.165, 1.54) is 57.8 Å². The maximum absolute atomic E-state index is 14.9. The van der Waals surface area contributed by atoms with Gasteiger partial charge < -0.3 is 38.7 Å². The Balaban J connectivity index is 1.46. The molecule has 0 saturated heterocycles. The lowest BCUT2D eigenvalue weighted by atomic mass is 9.55. The highest BCUT2D eigenvalue weighted by molar-refractivity contribution is 6.03. The highest BCUT2D eigenvalue weighted by atomic mass is 19.1. The summed E-state index contributed by atoms with van der Waals surface area (Å²) in [4.78, 5) is 34.5. The lowest BCUT2D eigenvalue weighted by molar-refractivity contribution is -0.256. The number of amides is 1. The Bertz CT molecular complexity index is 2180. The van der Waals surface area contributed by atoms with Crippen LogP contribution >= 0.6 is 0 Å². The number of rotatable bonds is 31. The second kappa shape index (κ2) is 28.0. The number of hydrogen-bond donors (Lipinski definition) is 2. The van der Waals surface area contributed by atoms with E-state index in [1.807, 2.05) is 25.1 Å². The molecule has 1 aliphatic heterocycles. The van der Waals surface area contributed by atoms with Gasteiger partial charge in [-0.15, -0.1) is 6.58 Å². The molecule has 2 aliphatic carbocycles. The second-order valence-electron chi connectivity index (χ2n) is 18.9. The molecule has 6 rings (SSSR count). The number of aliphatic hydroxyl groups is 2. The predicted octanol–water partition coefficient (Wildman–Crippen LogP) is 12.7. The Kier molecular flexibility index (Phi) is 21.6. The Morgan fingerprint density at radius 3 is 2.24 bits per heavy atom. The molecule has 0 radical (unpaired) electrons. The van der Waals surface area contributed by atoms with Gasteiger partial charge in [-0.3, -0.25) is 9.69 Å². The van der Waals surface area contributed by atoms with Crippen LogP contribution in [0.15, 0.2) is 90.1 Å². The first-order valence-electron chi connectivity index (χ1n) is 25.9. The largest absolute Gasteiger partial charge is 0.496 e. The van der Waals surface area contributed by atoms with Crippen LogP contribution in [-0.4, -0.2) is 85.2 Å². The van der Waals surface area contributed by atoms with Crippen LogP contribution in [0.3, 0.4) is 0 Å². The van der Waals surface area contributed by atoms with Gasteiger partial charge in [-0.2, -0.15) is 0 Å². The van der Waals surface area contributed by atoms with E-state index in [9.17, 15) is 24.2 Å². The first kappa shape index (κ1) is 54.1. The topological polar surface area (TPSA) is 146 Å². The van der Waals surface area contributed by atoms with Crippen molar-refractivity contribution in [1.29, 1.82) is 0 Å². The third kappa shape index (κ3) is 13.8. The first-order chi connectivity index (χ1) is 34.2. The SMILES string of the molecule is C=CCO[C@@]12Oc3ccc(Oc4ccc(OC)c(C=O)c4)cc3[C@H]3[C@H](CCCCO)[C@@H](CCCCO)C=C(C(=NOCC)C[C@@H]1N(Cc1ccc(F)cc1)C(=O)OCCCCCCCCCCCC)[C@H]32. The number of carbonyl (C=O) groups excluding carboxylic acids is 2. The monoisotopic (exact) mass is 969 g/mol. The third-order valence-electron chi connectivity index (χ3n) is 14.1. The van der Waals surface area contributed by atoms with Crippen LogP contribution in [0.5, 0.6) is 23.0 Å². The number of ether oxygens (including phenoxy) is 5. The summed E-state index contributed by atoms with van der Waals surface area (Å²) in [5, 5.41) is 24.8. The highest BCUT2D eigenvalue weighted by Gasteiger charge is 2.65. The van der Waals surface area contributed by atoms with Crippen LogP contribution in [-0.2, 0) is 20.9 Å². The van der Waals surface area contributed by atoms with E-state index in [0.29, 0.717) is 59.3 Å². The van der Waals surface area contributed by atoms with Crippen molar-refractivity contribution in [1.82, 2.24) is 4.90 Å². The zero-order chi connectivity index (χ0) is 49.7. The molecule has 382 valence electrons. The standard InChI is InChI=1S/C57H77FN2O10/c1-5-8-9-10-11-12-13-14-15-20-34-66-56(64)60(39-41-23-25-44(58)26-24-41)53-38-50(59-68-7-3)48-36-42(21-16-18-31-61)47(22-17-19-32-62)54-49-37-46(69-45-27-29-51(65-4)43(35-45)40-63)28-30-52(49)70-57(53,55(48)54)67-33-6-2/h6,23-30,35-37,40,42,47,53-55,61-62H,2,5,7-22,31-34,38-39H2,1,3-4H3/t42-,47+,53-,54+,55+,57+/m0/s1. The molecule has 0 spiro atoms. The van der Waals surface area contributed by atoms with Crippen molar-refractivity contribution in [2.24, 2.45) is 22.9 Å². The van der Waals surface area contributed by atoms with Crippen LogP contribution in [0.1, 0.15) is 150 Å². The number of fused-ring (bicyclic) bond motifs is 2. The van der Waals surface area contributed by atoms with Gasteiger partial charge in [-0.05, 0) is 111 Å². The van der Waals surface area contributed by atoms with E-state index < -0.39 is 23.8 Å². The number of unbranched alkanes of at least 4 members (excludes halogenated alkanes) is 11. The molecule has 1 saturated carbocycles. The zero-order valence-electron chi connectivity index (χ0n) is 41.8. The van der Waals surface area contributed by atoms with E-state index >= 15 is 0 Å². The number of hydrogen-bond acceptors (Lipinski definition) is 11. The molecule has 3 aromatic carbocycles. The van der Waals surface area contributed by atoms with Gasteiger partial charge >= 0.3 is 6.09 Å². The summed E-state index contributed by atoms with van der Waals surface area (Å²) in [5.74, 6) is -0.815. The van der Waals surface area contributed by atoms with Crippen molar-refractivity contribution >= 4 is 18.1 Å². The van der Waals surface area contributed by atoms with E-state index in [1.54, 1.807) is 41.3 Å². The van der Waals surface area contributed by atoms with Crippen LogP contribution in [0, 0.1) is 23.6 Å². The quantitative estimate of drug-likeness (QED) is 0.0276. The molecule has 3 aromatic rings. The minimum absolute atomic E-state index is 0.0211. The van der Waals surface area contributed by atoms with Gasteiger partial charge in [0.1, 0.15) is 41.5 Å². The van der Waals surface area contributed by atoms with Crippen molar-refractivity contribution in [3.05, 3.63) is 107 Å². The number of nitrogens with zero attached hydrogens (tertiary/aromatic N) is 2. The second-order valence-corrected chi connectivity index (χ2v) is 18.9. The first-order valence-corrected chi connectivity index (χ1v) is 25.9. The Morgan fingerprint density at radius 2 is 1.57 bits per heavy atom. The van der Waals surface area contributed by atoms with E-state index in [2.05, 4.69) is 19.6 Å². The third-order valence-corrected chi connectivity index (χ3v) is 14.1. The lowest BCUT2D eigenvalue weighted by Gasteiger charge is -2.59. The number of benzene rings is 3. The number of aliphatic hydroxyl groups excluding tert-OH is 2. The van der Waals surface area contributed by atoms with Crippen LogP contribution in [0.2, 0.25) is 0 Å². The number of aldehydes is 1. The van der Waals surface area contributed by atoms with E-state index in [-0.39, 0.29) is 63.0 Å². The van der Waals surface area contributed by atoms with Gasteiger partial charge in [-0.1, -0.05) is 107 Å². The van der Waals surface area contributed by atoms with Crippen molar-refractivity contribution in [3.63, 3.8) is 0 Å². The van der Waals surface area contributed by atoms with Crippen LogP contribution in [0.4, 0.5) is 9.18 Å². The molecular weight excluding hydrogens is 892 g/mol. The van der Waals surface area contributed by atoms with E-state index in [4.69, 9.17) is 33.7 Å². The highest BCUT2D eigenvalue weighted by Crippen LogP contribution is 2.62. The number of allylic oxidation sites excluding steroid dienone is 1. The summed E-state index contributed by atoms with van der Waals surface area (Å²) in [6.45, 7) is 8.99. The molecule has 3 aliphatic rings. The van der Waals surface area contributed by atoms with Crippen molar-refractivity contribution in [2.75, 3.05) is 40.1 Å². The van der Waals surface area contributed by atoms with Crippen molar-refractivity contribution in [2.45, 2.75) is 147 Å². The van der Waals surface area contributed by atoms with Crippen LogP contribution < -0.4 is 14.2 Å². The predicted molar refractivity (Wildman–Crippen MR) is 270 cm³/mol. The summed E-state index contributed by atoms with van der Waals surface area (Å²) in [6.07, 6.45) is 20.1. The minimum atomic E-state index is -1.53. The average Bonchev–Trinajstić information content (AvgIpc) is 3.37. The van der Waals surface area contributed by atoms with Gasteiger partial charge in [0.15, 0.2) is 6.29 Å². The molecule has 6 atom stereocenters. The summed E-state index contributed by atoms with van der Waals surface area (Å²) in [6, 6.07) is 16.1. The molecule has 13 heteroatoms. The molecule has 12 nitrogen and oxygen atoms in total. The zero-order valence-corrected chi connectivity index (χ0v) is 41.8. The fourth-order valence-corrected chi connectivity index (χ4v) is 10.8.